The summed E-state index contributed by atoms with van der Waals surface area (Å²) < 4.78 is 18.8. The van der Waals surface area contributed by atoms with Gasteiger partial charge >= 0.3 is 0 Å². The lowest BCUT2D eigenvalue weighted by molar-refractivity contribution is 0.1000. The number of carbonyl (C=O) groups is 1. The molecule has 1 amide bonds. The minimum absolute atomic E-state index is 0.322. The van der Waals surface area contributed by atoms with E-state index in [0.29, 0.717) is 22.8 Å². The van der Waals surface area contributed by atoms with E-state index in [1.807, 2.05) is 18.2 Å². The Morgan fingerprint density at radius 3 is 2.48 bits per heavy atom. The summed E-state index contributed by atoms with van der Waals surface area (Å²) >= 11 is 0. The molecule has 0 fully saturated rings. The molecule has 1 heterocycles. The molecular weight excluding hydrogens is 295 g/mol. The van der Waals surface area contributed by atoms with Crippen molar-refractivity contribution in [3.8, 4) is 22.8 Å². The van der Waals surface area contributed by atoms with Crippen LogP contribution >= 0.6 is 0 Å². The molecule has 3 N–H and O–H groups in total. The zero-order chi connectivity index (χ0) is 16.4. The number of aromatic nitrogens is 1. The highest BCUT2D eigenvalue weighted by molar-refractivity contribution is 5.95. The lowest BCUT2D eigenvalue weighted by atomic mass is 10.1. The van der Waals surface area contributed by atoms with E-state index >= 15 is 0 Å². The lowest BCUT2D eigenvalue weighted by Crippen LogP contribution is -2.10. The Balaban J connectivity index is 1.99. The number of rotatable bonds is 4. The fourth-order valence-corrected chi connectivity index (χ4v) is 2.37. The van der Waals surface area contributed by atoms with Gasteiger partial charge in [0.05, 0.1) is 11.3 Å². The van der Waals surface area contributed by atoms with Crippen LogP contribution in [0.25, 0.3) is 11.3 Å². The first-order valence-electron chi connectivity index (χ1n) is 7.07. The summed E-state index contributed by atoms with van der Waals surface area (Å²) in [4.78, 5) is 14.5. The zero-order valence-corrected chi connectivity index (χ0v) is 12.5. The van der Waals surface area contributed by atoms with Crippen molar-refractivity contribution in [3.63, 3.8) is 0 Å². The number of nitrogens with one attached hydrogen (secondary N) is 1. The van der Waals surface area contributed by atoms with Gasteiger partial charge in [0.2, 0.25) is 0 Å². The smallest absolute Gasteiger partial charge is 0.250 e. The highest BCUT2D eigenvalue weighted by Gasteiger charge is 2.14. The van der Waals surface area contributed by atoms with Crippen LogP contribution in [0.2, 0.25) is 0 Å². The third kappa shape index (κ3) is 3.08. The van der Waals surface area contributed by atoms with Crippen molar-refractivity contribution in [1.29, 1.82) is 0 Å². The van der Waals surface area contributed by atoms with Crippen molar-refractivity contribution in [3.05, 3.63) is 71.7 Å². The van der Waals surface area contributed by atoms with Gasteiger partial charge in [-0.3, -0.25) is 4.79 Å². The molecular formula is C18H15FN2O2. The number of benzene rings is 2. The van der Waals surface area contributed by atoms with E-state index in [1.54, 1.807) is 31.2 Å². The van der Waals surface area contributed by atoms with E-state index in [9.17, 15) is 9.18 Å². The van der Waals surface area contributed by atoms with Crippen LogP contribution in [0.15, 0.2) is 54.6 Å². The quantitative estimate of drug-likeness (QED) is 0.764. The molecule has 116 valence electrons. The van der Waals surface area contributed by atoms with Gasteiger partial charge in [0.15, 0.2) is 0 Å². The van der Waals surface area contributed by atoms with E-state index < -0.39 is 5.91 Å². The third-order valence-electron chi connectivity index (χ3n) is 3.50. The summed E-state index contributed by atoms with van der Waals surface area (Å²) in [7, 11) is 0. The first-order chi connectivity index (χ1) is 11.0. The summed E-state index contributed by atoms with van der Waals surface area (Å²) in [5.74, 6) is 0.312. The number of hydrogen-bond acceptors (Lipinski definition) is 2. The Morgan fingerprint density at radius 2 is 1.83 bits per heavy atom. The number of para-hydroxylation sites is 1. The van der Waals surface area contributed by atoms with Crippen molar-refractivity contribution >= 4 is 5.91 Å². The van der Waals surface area contributed by atoms with Crippen LogP contribution in [-0.4, -0.2) is 10.9 Å². The van der Waals surface area contributed by atoms with E-state index in [1.165, 1.54) is 12.1 Å². The van der Waals surface area contributed by atoms with Crippen molar-refractivity contribution in [1.82, 2.24) is 4.98 Å². The Hall–Kier alpha value is -3.08. The molecule has 3 rings (SSSR count). The summed E-state index contributed by atoms with van der Waals surface area (Å²) in [6, 6.07) is 14.9. The molecule has 4 nitrogen and oxygen atoms in total. The average Bonchev–Trinajstić information content (AvgIpc) is 2.92. The minimum Gasteiger partial charge on any atom is -0.457 e. The normalized spacial score (nSPS) is 10.5. The number of H-pyrrole nitrogens is 1. The van der Waals surface area contributed by atoms with Crippen LogP contribution in [0, 0.1) is 12.7 Å². The second-order valence-corrected chi connectivity index (χ2v) is 5.14. The Kier molecular flexibility index (Phi) is 3.85. The van der Waals surface area contributed by atoms with Crippen molar-refractivity contribution in [2.24, 2.45) is 5.73 Å². The van der Waals surface area contributed by atoms with E-state index in [0.717, 1.165) is 11.3 Å². The molecule has 5 heteroatoms. The standard InChI is InChI=1S/C18H15FN2O2/c1-11-15(18(20)22)10-16(21-11)14-4-2-3-5-17(14)23-13-8-6-12(19)7-9-13/h2-10,21H,1H3,(H2,20,22). The minimum atomic E-state index is -0.484. The Labute approximate surface area is 132 Å². The summed E-state index contributed by atoms with van der Waals surface area (Å²) in [6.07, 6.45) is 0. The summed E-state index contributed by atoms with van der Waals surface area (Å²) in [6.45, 7) is 1.78. The third-order valence-corrected chi connectivity index (χ3v) is 3.50. The maximum Gasteiger partial charge on any atom is 0.250 e. The number of carbonyl (C=O) groups excluding carboxylic acids is 1. The molecule has 3 aromatic rings. The summed E-state index contributed by atoms with van der Waals surface area (Å²) in [5, 5.41) is 0. The molecule has 2 aromatic carbocycles. The molecule has 0 bridgehead atoms. The molecule has 0 spiro atoms. The van der Waals surface area contributed by atoms with E-state index in [4.69, 9.17) is 10.5 Å². The molecule has 0 aliphatic heterocycles. The number of amides is 1. The first kappa shape index (κ1) is 14.8. The van der Waals surface area contributed by atoms with Gasteiger partial charge in [0.25, 0.3) is 5.91 Å². The van der Waals surface area contributed by atoms with Crippen LogP contribution in [-0.2, 0) is 0 Å². The van der Waals surface area contributed by atoms with Gasteiger partial charge in [0.1, 0.15) is 17.3 Å². The van der Waals surface area contributed by atoms with Crippen LogP contribution < -0.4 is 10.5 Å². The number of aromatic amines is 1. The van der Waals surface area contributed by atoms with Gasteiger partial charge in [0, 0.05) is 11.3 Å². The highest BCUT2D eigenvalue weighted by Crippen LogP contribution is 2.33. The van der Waals surface area contributed by atoms with Crippen LogP contribution in [0.4, 0.5) is 4.39 Å². The largest absolute Gasteiger partial charge is 0.457 e. The van der Waals surface area contributed by atoms with Crippen molar-refractivity contribution in [2.45, 2.75) is 6.92 Å². The lowest BCUT2D eigenvalue weighted by Gasteiger charge is -2.10. The molecule has 0 atom stereocenters. The van der Waals surface area contributed by atoms with E-state index in [2.05, 4.69) is 4.98 Å². The maximum absolute atomic E-state index is 13.0. The summed E-state index contributed by atoms with van der Waals surface area (Å²) in [5.41, 5.74) is 8.01. The second kappa shape index (κ2) is 5.96. The van der Waals surface area contributed by atoms with Gasteiger partial charge in [-0.15, -0.1) is 0 Å². The Morgan fingerprint density at radius 1 is 1.13 bits per heavy atom. The monoisotopic (exact) mass is 310 g/mol. The van der Waals surface area contributed by atoms with Crippen LogP contribution in [0.3, 0.4) is 0 Å². The number of hydrogen-bond donors (Lipinski definition) is 2. The SMILES string of the molecule is Cc1[nH]c(-c2ccccc2Oc2ccc(F)cc2)cc1C(N)=O. The highest BCUT2D eigenvalue weighted by atomic mass is 19.1. The number of nitrogens with two attached hydrogens (primary N) is 1. The maximum atomic E-state index is 13.0. The average molecular weight is 310 g/mol. The number of halogens is 1. The molecule has 0 saturated carbocycles. The number of aryl methyl sites for hydroxylation is 1. The predicted molar refractivity (Wildman–Crippen MR) is 86.0 cm³/mol. The second-order valence-electron chi connectivity index (χ2n) is 5.14. The topological polar surface area (TPSA) is 68.1 Å². The van der Waals surface area contributed by atoms with Gasteiger partial charge in [-0.1, -0.05) is 12.1 Å². The van der Waals surface area contributed by atoms with Gasteiger partial charge in [-0.05, 0) is 49.4 Å². The zero-order valence-electron chi connectivity index (χ0n) is 12.5. The molecule has 0 unspecified atom stereocenters. The molecule has 0 aliphatic rings. The molecule has 1 aromatic heterocycles. The van der Waals surface area contributed by atoms with Crippen LogP contribution in [0.1, 0.15) is 16.1 Å². The molecule has 23 heavy (non-hydrogen) atoms. The van der Waals surface area contributed by atoms with Crippen molar-refractivity contribution < 1.29 is 13.9 Å². The predicted octanol–water partition coefficient (Wildman–Crippen LogP) is 4.02. The van der Waals surface area contributed by atoms with Gasteiger partial charge in [-0.25, -0.2) is 4.39 Å². The van der Waals surface area contributed by atoms with Gasteiger partial charge < -0.3 is 15.5 Å². The van der Waals surface area contributed by atoms with Crippen molar-refractivity contribution in [2.75, 3.05) is 0 Å². The fourth-order valence-electron chi connectivity index (χ4n) is 2.37. The molecule has 0 radical (unpaired) electrons. The number of ether oxygens (including phenoxy) is 1. The Bertz CT molecular complexity index is 854. The molecule has 0 aliphatic carbocycles. The van der Waals surface area contributed by atoms with Gasteiger partial charge in [-0.2, -0.15) is 0 Å². The van der Waals surface area contributed by atoms with Crippen LogP contribution in [0.5, 0.6) is 11.5 Å². The van der Waals surface area contributed by atoms with E-state index in [-0.39, 0.29) is 5.82 Å². The number of primary amides is 1. The first-order valence-corrected chi connectivity index (χ1v) is 7.07. The fraction of sp³-hybridized carbons (Fsp3) is 0.0556. The molecule has 0 saturated heterocycles.